The van der Waals surface area contributed by atoms with Gasteiger partial charge in [-0.2, -0.15) is 0 Å². The maximum absolute atomic E-state index is 12.3. The van der Waals surface area contributed by atoms with Crippen LogP contribution < -0.4 is 5.32 Å². The van der Waals surface area contributed by atoms with E-state index in [1.807, 2.05) is 22.7 Å². The maximum Gasteiger partial charge on any atom is 0.338 e. The van der Waals surface area contributed by atoms with Gasteiger partial charge < -0.3 is 14.5 Å². The Hall–Kier alpha value is -2.44. The van der Waals surface area contributed by atoms with Crippen LogP contribution in [0.4, 0.5) is 0 Å². The van der Waals surface area contributed by atoms with Gasteiger partial charge in [-0.05, 0) is 56.1 Å². The smallest absolute Gasteiger partial charge is 0.338 e. The van der Waals surface area contributed by atoms with Crippen LogP contribution in [0.3, 0.4) is 0 Å². The molecule has 4 rings (SSSR count). The van der Waals surface area contributed by atoms with Crippen molar-refractivity contribution in [2.24, 2.45) is 0 Å². The summed E-state index contributed by atoms with van der Waals surface area (Å²) in [6.07, 6.45) is 3.04. The summed E-state index contributed by atoms with van der Waals surface area (Å²) in [5.41, 5.74) is 4.94. The summed E-state index contributed by atoms with van der Waals surface area (Å²) in [7, 11) is 0. The van der Waals surface area contributed by atoms with E-state index in [9.17, 15) is 9.59 Å². The van der Waals surface area contributed by atoms with Crippen molar-refractivity contribution in [3.63, 3.8) is 0 Å². The fourth-order valence-corrected chi connectivity index (χ4v) is 4.90. The van der Waals surface area contributed by atoms with Crippen molar-refractivity contribution in [1.29, 1.82) is 0 Å². The Kier molecular flexibility index (Phi) is 4.61. The predicted octanol–water partition coefficient (Wildman–Crippen LogP) is 4.00. The number of rotatable bonds is 4. The molecule has 0 fully saturated rings. The highest BCUT2D eigenvalue weighted by molar-refractivity contribution is 7.15. The molecule has 6 heteroatoms. The van der Waals surface area contributed by atoms with Crippen molar-refractivity contribution in [1.82, 2.24) is 9.72 Å². The molecule has 0 aliphatic carbocycles. The van der Waals surface area contributed by atoms with Gasteiger partial charge in [-0.3, -0.25) is 4.79 Å². The van der Waals surface area contributed by atoms with Gasteiger partial charge in [0.05, 0.1) is 17.9 Å². The first-order valence-electron chi connectivity index (χ1n) is 9.16. The molecular weight excluding hydrogens is 360 g/mol. The van der Waals surface area contributed by atoms with E-state index in [0.717, 1.165) is 30.6 Å². The topological polar surface area (TPSA) is 59.8 Å². The van der Waals surface area contributed by atoms with Gasteiger partial charge in [-0.15, -0.1) is 11.3 Å². The van der Waals surface area contributed by atoms with Gasteiger partial charge in [0.2, 0.25) is 0 Å². The summed E-state index contributed by atoms with van der Waals surface area (Å²) < 4.78 is 7.07. The van der Waals surface area contributed by atoms with Crippen molar-refractivity contribution < 1.29 is 14.3 Å². The number of fused-ring (bicyclic) bond motifs is 2. The Morgan fingerprint density at radius 1 is 1.30 bits per heavy atom. The number of aromatic nitrogens is 1. The number of thiophene rings is 1. The third-order valence-electron chi connectivity index (χ3n) is 5.01. The molecule has 0 saturated carbocycles. The van der Waals surface area contributed by atoms with Gasteiger partial charge in [0.25, 0.3) is 0 Å². The number of hydrogen-bond donors (Lipinski definition) is 1. The molecule has 27 heavy (non-hydrogen) atoms. The quantitative estimate of drug-likeness (QED) is 0.547. The number of ketones is 1. The largest absolute Gasteiger partial charge is 0.462 e. The molecule has 140 valence electrons. The van der Waals surface area contributed by atoms with Crippen LogP contribution in [-0.4, -0.2) is 29.3 Å². The number of esters is 1. The highest BCUT2D eigenvalue weighted by Gasteiger charge is 2.21. The second-order valence-electron chi connectivity index (χ2n) is 6.82. The van der Waals surface area contributed by atoms with Crippen LogP contribution in [-0.2, 0) is 17.7 Å². The second-order valence-corrected chi connectivity index (χ2v) is 7.95. The van der Waals surface area contributed by atoms with Gasteiger partial charge >= 0.3 is 5.97 Å². The van der Waals surface area contributed by atoms with Crippen molar-refractivity contribution in [3.8, 4) is 10.4 Å². The molecular formula is C21H22N2O3S. The number of nitrogens with one attached hydrogen (secondary N) is 1. The molecule has 0 spiro atoms. The molecule has 5 nitrogen and oxygen atoms in total. The minimum Gasteiger partial charge on any atom is -0.462 e. The molecule has 1 aliphatic rings. The van der Waals surface area contributed by atoms with Crippen molar-refractivity contribution in [2.75, 3.05) is 13.2 Å². The summed E-state index contributed by atoms with van der Waals surface area (Å²) in [4.78, 5) is 27.3. The summed E-state index contributed by atoms with van der Waals surface area (Å²) >= 11 is 1.79. The zero-order chi connectivity index (χ0) is 19.1. The lowest BCUT2D eigenvalue weighted by Gasteiger charge is -2.12. The number of hydrogen-bond acceptors (Lipinski definition) is 5. The fourth-order valence-electron chi connectivity index (χ4n) is 3.73. The first-order valence-corrected chi connectivity index (χ1v) is 9.97. The molecule has 0 unspecified atom stereocenters. The minimum absolute atomic E-state index is 0.0690. The van der Waals surface area contributed by atoms with Crippen LogP contribution in [0.25, 0.3) is 16.0 Å². The monoisotopic (exact) mass is 382 g/mol. The molecule has 4 heterocycles. The molecule has 1 aliphatic heterocycles. The van der Waals surface area contributed by atoms with E-state index in [2.05, 4.69) is 11.4 Å². The molecule has 0 aromatic carbocycles. The fraction of sp³-hybridized carbons (Fsp3) is 0.333. The molecule has 3 aromatic rings. The van der Waals surface area contributed by atoms with E-state index in [-0.39, 0.29) is 11.8 Å². The summed E-state index contributed by atoms with van der Waals surface area (Å²) in [5.74, 6) is -0.458. The third-order valence-corrected chi connectivity index (χ3v) is 6.24. The third kappa shape index (κ3) is 3.09. The minimum atomic E-state index is -0.389. The number of carbonyl (C=O) groups is 2. The average molecular weight is 382 g/mol. The van der Waals surface area contributed by atoms with Crippen LogP contribution in [0.5, 0.6) is 0 Å². The predicted molar refractivity (Wildman–Crippen MR) is 107 cm³/mol. The van der Waals surface area contributed by atoms with E-state index in [0.29, 0.717) is 23.4 Å². The first-order chi connectivity index (χ1) is 13.0. The lowest BCUT2D eigenvalue weighted by molar-refractivity contribution is 0.0525. The molecule has 1 N–H and O–H groups in total. The van der Waals surface area contributed by atoms with Crippen LogP contribution in [0, 0.1) is 6.92 Å². The number of pyridine rings is 1. The molecule has 0 bridgehead atoms. The van der Waals surface area contributed by atoms with Gasteiger partial charge in [-0.25, -0.2) is 4.79 Å². The standard InChI is InChI=1S/C21H22N2O3S/c1-4-26-21(25)17-9-16-7-15(11-23(16)20(12(17)2)13(3)24)18-8-14-5-6-22-10-19(14)27-18/h7-9,11,22H,4-6,10H2,1-3H3. The molecule has 0 saturated heterocycles. The lowest BCUT2D eigenvalue weighted by atomic mass is 10.0. The maximum atomic E-state index is 12.3. The van der Waals surface area contributed by atoms with Gasteiger partial charge in [0, 0.05) is 40.5 Å². The van der Waals surface area contributed by atoms with Crippen molar-refractivity contribution in [2.45, 2.75) is 33.7 Å². The van der Waals surface area contributed by atoms with Gasteiger partial charge in [-0.1, -0.05) is 0 Å². The second kappa shape index (κ2) is 6.94. The number of ether oxygens (including phenoxy) is 1. The Morgan fingerprint density at radius 2 is 2.11 bits per heavy atom. The number of carbonyl (C=O) groups excluding carboxylic acids is 2. The lowest BCUT2D eigenvalue weighted by Crippen LogP contribution is -2.21. The van der Waals surface area contributed by atoms with Crippen LogP contribution in [0.2, 0.25) is 0 Å². The van der Waals surface area contributed by atoms with E-state index in [1.54, 1.807) is 25.2 Å². The van der Waals surface area contributed by atoms with Crippen molar-refractivity contribution in [3.05, 3.63) is 51.7 Å². The van der Waals surface area contributed by atoms with Gasteiger partial charge in [0.15, 0.2) is 5.78 Å². The Balaban J connectivity index is 1.88. The zero-order valence-electron chi connectivity index (χ0n) is 15.7. The Morgan fingerprint density at radius 3 is 2.81 bits per heavy atom. The van der Waals surface area contributed by atoms with E-state index >= 15 is 0 Å². The molecule has 0 atom stereocenters. The van der Waals surface area contributed by atoms with E-state index < -0.39 is 0 Å². The summed E-state index contributed by atoms with van der Waals surface area (Å²) in [5, 5.41) is 3.40. The van der Waals surface area contributed by atoms with Crippen LogP contribution in [0.1, 0.15) is 50.7 Å². The average Bonchev–Trinajstić information content (AvgIpc) is 3.24. The Labute approximate surface area is 162 Å². The number of nitrogens with zero attached hydrogens (tertiary/aromatic N) is 1. The van der Waals surface area contributed by atoms with Crippen LogP contribution >= 0.6 is 11.3 Å². The van der Waals surface area contributed by atoms with Crippen LogP contribution in [0.15, 0.2) is 24.4 Å². The zero-order valence-corrected chi connectivity index (χ0v) is 16.5. The Bertz CT molecular complexity index is 1040. The highest BCUT2D eigenvalue weighted by Crippen LogP contribution is 2.35. The molecule has 3 aromatic heterocycles. The summed E-state index contributed by atoms with van der Waals surface area (Å²) in [6, 6.07) is 6.11. The van der Waals surface area contributed by atoms with Crippen molar-refractivity contribution >= 4 is 28.6 Å². The van der Waals surface area contributed by atoms with Gasteiger partial charge in [0.1, 0.15) is 0 Å². The van der Waals surface area contributed by atoms with E-state index in [4.69, 9.17) is 4.74 Å². The SMILES string of the molecule is CCOC(=O)c1cc2cc(-c3cc4c(s3)CNCC4)cn2c(C(C)=O)c1C. The van der Waals surface area contributed by atoms with E-state index in [1.165, 1.54) is 22.2 Å². The highest BCUT2D eigenvalue weighted by atomic mass is 32.1. The molecule has 0 radical (unpaired) electrons. The normalized spacial score (nSPS) is 13.6. The summed E-state index contributed by atoms with van der Waals surface area (Å²) in [6.45, 7) is 7.35. The molecule has 0 amide bonds. The first kappa shape index (κ1) is 17.9. The number of Topliss-reactive ketones (excluding diaryl/α,β-unsaturated/α-hetero) is 1.